The lowest BCUT2D eigenvalue weighted by Crippen LogP contribution is -2.50. The van der Waals surface area contributed by atoms with E-state index in [2.05, 4.69) is 85.7 Å². The number of carbonyl (C=O) groups is 2. The van der Waals surface area contributed by atoms with Gasteiger partial charge in [0.25, 0.3) is 0 Å². The number of nitrogens with zero attached hydrogens (tertiary/aromatic N) is 1. The summed E-state index contributed by atoms with van der Waals surface area (Å²) in [6.07, 6.45) is 24.0. The molecule has 0 aromatic rings. The molecule has 0 aromatic carbocycles. The number of aldehydes is 1. The molecule has 0 heterocycles. The fourth-order valence-electron chi connectivity index (χ4n) is 11.1. The molecule has 54 heavy (non-hydrogen) atoms. The smallest absolute Gasteiger partial charge is 0.306 e. The van der Waals surface area contributed by atoms with Gasteiger partial charge in [0.2, 0.25) is 0 Å². The van der Waals surface area contributed by atoms with E-state index in [-0.39, 0.29) is 36.0 Å². The normalized spacial score (nSPS) is 30.1. The Kier molecular flexibility index (Phi) is 18.7. The molecule has 3 fully saturated rings. The van der Waals surface area contributed by atoms with E-state index in [4.69, 9.17) is 16.2 Å². The van der Waals surface area contributed by atoms with E-state index < -0.39 is 0 Å². The molecular formula is C47H88N4O3. The summed E-state index contributed by atoms with van der Waals surface area (Å²) in [5.41, 5.74) is 14.2. The zero-order valence-corrected chi connectivity index (χ0v) is 37.1. The molecule has 7 nitrogen and oxygen atoms in total. The van der Waals surface area contributed by atoms with Crippen LogP contribution in [0.2, 0.25) is 0 Å². The number of rotatable bonds is 21. The number of hydrogen-bond donors (Lipinski definition) is 3. The number of allylic oxidation sites excluding steroid dienone is 1. The van der Waals surface area contributed by atoms with Gasteiger partial charge >= 0.3 is 5.97 Å². The van der Waals surface area contributed by atoms with Gasteiger partial charge in [0.15, 0.2) is 0 Å². The van der Waals surface area contributed by atoms with Crippen molar-refractivity contribution in [1.29, 1.82) is 0 Å². The lowest BCUT2D eigenvalue weighted by atomic mass is 9.47. The molecular weight excluding hydrogens is 669 g/mol. The van der Waals surface area contributed by atoms with Crippen LogP contribution in [-0.2, 0) is 14.3 Å². The Morgan fingerprint density at radius 3 is 2.35 bits per heavy atom. The largest absolute Gasteiger partial charge is 0.462 e. The summed E-state index contributed by atoms with van der Waals surface area (Å²) in [5.74, 6) is 4.99. The Morgan fingerprint density at radius 1 is 0.981 bits per heavy atom. The average molecular weight is 757 g/mol. The summed E-state index contributed by atoms with van der Waals surface area (Å²) in [5, 5.41) is 3.45. The van der Waals surface area contributed by atoms with Crippen LogP contribution in [0, 0.1) is 46.3 Å². The number of unbranched alkanes of at least 4 members (excludes halogenated alkanes) is 1. The van der Waals surface area contributed by atoms with Crippen LogP contribution in [0.1, 0.15) is 178 Å². The van der Waals surface area contributed by atoms with Crippen LogP contribution in [0.3, 0.4) is 0 Å². The monoisotopic (exact) mass is 757 g/mol. The second kappa shape index (κ2) is 21.5. The Bertz CT molecular complexity index is 1160. The predicted molar refractivity (Wildman–Crippen MR) is 228 cm³/mol. The molecule has 4 aliphatic rings. The van der Waals surface area contributed by atoms with Gasteiger partial charge < -0.3 is 31.2 Å². The number of ether oxygens (including phenoxy) is 1. The third-order valence-corrected chi connectivity index (χ3v) is 14.8. The predicted octanol–water partition coefficient (Wildman–Crippen LogP) is 9.85. The van der Waals surface area contributed by atoms with Crippen LogP contribution in [0.5, 0.6) is 0 Å². The molecule has 5 N–H and O–H groups in total. The van der Waals surface area contributed by atoms with Crippen molar-refractivity contribution in [3.05, 3.63) is 11.6 Å². The second-order valence-corrected chi connectivity index (χ2v) is 20.7. The molecule has 3 saturated carbocycles. The highest BCUT2D eigenvalue weighted by Crippen LogP contribution is 2.67. The van der Waals surface area contributed by atoms with E-state index >= 15 is 0 Å². The van der Waals surface area contributed by atoms with Crippen LogP contribution in [0.25, 0.3) is 0 Å². The first-order valence-electron chi connectivity index (χ1n) is 22.6. The van der Waals surface area contributed by atoms with Crippen molar-refractivity contribution in [2.24, 2.45) is 57.8 Å². The van der Waals surface area contributed by atoms with Gasteiger partial charge in [-0.25, -0.2) is 0 Å². The van der Waals surface area contributed by atoms with Crippen molar-refractivity contribution in [2.45, 2.75) is 195 Å². The van der Waals surface area contributed by atoms with Crippen LogP contribution < -0.4 is 16.8 Å². The zero-order chi connectivity index (χ0) is 40.2. The van der Waals surface area contributed by atoms with Crippen molar-refractivity contribution in [3.8, 4) is 0 Å². The third kappa shape index (κ3) is 14.3. The maximum Gasteiger partial charge on any atom is 0.306 e. The van der Waals surface area contributed by atoms with Gasteiger partial charge in [0, 0.05) is 23.9 Å². The fourth-order valence-corrected chi connectivity index (χ4v) is 11.1. The summed E-state index contributed by atoms with van der Waals surface area (Å²) in [6, 6.07) is 0. The third-order valence-electron chi connectivity index (χ3n) is 14.8. The first-order valence-corrected chi connectivity index (χ1v) is 22.6. The first-order chi connectivity index (χ1) is 25.3. The van der Waals surface area contributed by atoms with Gasteiger partial charge in [-0.1, -0.05) is 65.5 Å². The second-order valence-electron chi connectivity index (χ2n) is 20.7. The molecule has 0 aliphatic heterocycles. The zero-order valence-electron chi connectivity index (χ0n) is 37.1. The molecule has 0 spiro atoms. The Labute approximate surface area is 333 Å². The maximum atomic E-state index is 12.1. The maximum absolute atomic E-state index is 12.1. The van der Waals surface area contributed by atoms with Crippen LogP contribution in [-0.4, -0.2) is 67.6 Å². The summed E-state index contributed by atoms with van der Waals surface area (Å²) in [6.45, 7) is 25.0. The van der Waals surface area contributed by atoms with E-state index in [9.17, 15) is 9.59 Å². The molecule has 0 bridgehead atoms. The molecule has 0 radical (unpaired) electrons. The van der Waals surface area contributed by atoms with Crippen molar-refractivity contribution >= 4 is 12.3 Å². The molecule has 4 aliphatic carbocycles. The van der Waals surface area contributed by atoms with Crippen LogP contribution in [0.15, 0.2) is 11.6 Å². The summed E-state index contributed by atoms with van der Waals surface area (Å²) < 4.78 is 5.76. The highest BCUT2D eigenvalue weighted by molar-refractivity contribution is 5.72. The number of fused-ring (bicyclic) bond motifs is 5. The molecule has 314 valence electrons. The van der Waals surface area contributed by atoms with Gasteiger partial charge in [0.1, 0.15) is 12.4 Å². The van der Waals surface area contributed by atoms with Gasteiger partial charge in [-0.15, -0.1) is 0 Å². The van der Waals surface area contributed by atoms with E-state index in [1.54, 1.807) is 5.57 Å². The topological polar surface area (TPSA) is 111 Å². The molecule has 8 atom stereocenters. The van der Waals surface area contributed by atoms with E-state index in [0.29, 0.717) is 10.8 Å². The Balaban J connectivity index is 0.000000352. The van der Waals surface area contributed by atoms with Crippen molar-refractivity contribution in [1.82, 2.24) is 10.2 Å². The first kappa shape index (κ1) is 47.1. The standard InChI is InChI=1S/C32H52O3.C15H36N4/c1-6-23(22(2)3)9-7-10-24-13-15-28-27-14-12-25-21-26(35-30(34)11-8-20-33)16-18-32(25,5)29(27)17-19-31(24,28)4;1-14(2,16)8-11-18-10-6-7-12-19(5)13-9-15(3,4)17/h12,20,22-24,26-29H,6-11,13-19,21H2,1-5H3;18H,6-13,16-17H2,1-5H3. The van der Waals surface area contributed by atoms with E-state index in [0.717, 1.165) is 100 Å². The SMILES string of the molecule is CCC(CCCC1CCC2C3CC=C4CC(OC(=O)CCC=O)CCC4(C)C3CCC12C)C(C)C.CN(CCCCNCCC(C)(C)N)CCC(C)(C)N. The van der Waals surface area contributed by atoms with Gasteiger partial charge in [-0.3, -0.25) is 4.79 Å². The van der Waals surface area contributed by atoms with Gasteiger partial charge in [0.05, 0.1) is 6.42 Å². The number of carbonyl (C=O) groups excluding carboxylic acids is 2. The van der Waals surface area contributed by atoms with Crippen molar-refractivity contribution in [3.63, 3.8) is 0 Å². The van der Waals surface area contributed by atoms with Gasteiger partial charge in [-0.2, -0.15) is 0 Å². The number of hydrogen-bond acceptors (Lipinski definition) is 7. The van der Waals surface area contributed by atoms with E-state index in [1.165, 1.54) is 70.6 Å². The Hall–Kier alpha value is -1.28. The molecule has 0 saturated heterocycles. The number of esters is 1. The van der Waals surface area contributed by atoms with Crippen LogP contribution >= 0.6 is 0 Å². The van der Waals surface area contributed by atoms with Gasteiger partial charge in [-0.05, 0) is 184 Å². The van der Waals surface area contributed by atoms with Crippen molar-refractivity contribution < 1.29 is 14.3 Å². The molecule has 8 unspecified atom stereocenters. The number of nitrogens with two attached hydrogens (primary N) is 2. The highest BCUT2D eigenvalue weighted by atomic mass is 16.5. The molecule has 0 amide bonds. The molecule has 0 aromatic heterocycles. The molecule has 7 heteroatoms. The minimum Gasteiger partial charge on any atom is -0.462 e. The summed E-state index contributed by atoms with van der Waals surface area (Å²) in [7, 11) is 2.18. The molecule has 4 rings (SSSR count). The highest BCUT2D eigenvalue weighted by Gasteiger charge is 2.58. The lowest BCUT2D eigenvalue weighted by molar-refractivity contribution is -0.152. The minimum absolute atomic E-state index is 0.00697. The number of nitrogens with one attached hydrogen (secondary N) is 1. The summed E-state index contributed by atoms with van der Waals surface area (Å²) >= 11 is 0. The summed E-state index contributed by atoms with van der Waals surface area (Å²) in [4.78, 5) is 25.0. The van der Waals surface area contributed by atoms with Crippen LogP contribution in [0.4, 0.5) is 0 Å². The lowest BCUT2D eigenvalue weighted by Gasteiger charge is -2.58. The fraction of sp³-hybridized carbons (Fsp3) is 0.915. The Morgan fingerprint density at radius 2 is 1.70 bits per heavy atom. The van der Waals surface area contributed by atoms with Crippen molar-refractivity contribution in [2.75, 3.05) is 33.2 Å². The minimum atomic E-state index is -0.205. The quantitative estimate of drug-likeness (QED) is 0.0463. The average Bonchev–Trinajstić information content (AvgIpc) is 3.43. The van der Waals surface area contributed by atoms with E-state index in [1.807, 2.05) is 0 Å².